The van der Waals surface area contributed by atoms with Crippen molar-refractivity contribution in [2.75, 3.05) is 20.2 Å². The zero-order chi connectivity index (χ0) is 17.0. The van der Waals surface area contributed by atoms with Gasteiger partial charge in [0.15, 0.2) is 0 Å². The van der Waals surface area contributed by atoms with Crippen LogP contribution in [0.5, 0.6) is 5.75 Å². The van der Waals surface area contributed by atoms with Crippen LogP contribution >= 0.6 is 11.3 Å². The molecule has 3 rings (SSSR count). The number of sulfonamides is 1. The standard InChI is InChI=1S/C17H20N2O3S2/c1-22-17-11-15(24(20,21)19-8-3-2-4-9-19)5-6-16(17)18-12-14-7-10-23-13-14/h5-7,10-13H,2-4,8-9H2,1H3. The van der Waals surface area contributed by atoms with Crippen LogP contribution < -0.4 is 4.74 Å². The van der Waals surface area contributed by atoms with Crippen LogP contribution in [0.1, 0.15) is 24.8 Å². The van der Waals surface area contributed by atoms with Gasteiger partial charge in [0.25, 0.3) is 0 Å². The summed E-state index contributed by atoms with van der Waals surface area (Å²) in [7, 11) is -1.94. The smallest absolute Gasteiger partial charge is 0.243 e. The van der Waals surface area contributed by atoms with Gasteiger partial charge in [-0.15, -0.1) is 0 Å². The lowest BCUT2D eigenvalue weighted by Gasteiger charge is -2.26. The number of piperidine rings is 1. The van der Waals surface area contributed by atoms with Crippen LogP contribution in [0.4, 0.5) is 5.69 Å². The fourth-order valence-corrected chi connectivity index (χ4v) is 4.82. The van der Waals surface area contributed by atoms with E-state index in [1.807, 2.05) is 16.8 Å². The molecular formula is C17H20N2O3S2. The summed E-state index contributed by atoms with van der Waals surface area (Å²) in [5.41, 5.74) is 1.62. The molecule has 1 aliphatic heterocycles. The van der Waals surface area contributed by atoms with Gasteiger partial charge in [0.2, 0.25) is 10.0 Å². The van der Waals surface area contributed by atoms with Crippen LogP contribution in [-0.4, -0.2) is 39.1 Å². The normalized spacial score (nSPS) is 16.5. The van der Waals surface area contributed by atoms with Gasteiger partial charge in [-0.3, -0.25) is 4.99 Å². The molecule has 1 aromatic carbocycles. The second kappa shape index (κ2) is 7.46. The molecule has 0 spiro atoms. The summed E-state index contributed by atoms with van der Waals surface area (Å²) >= 11 is 1.60. The molecule has 0 amide bonds. The van der Waals surface area contributed by atoms with Crippen LogP contribution in [0.2, 0.25) is 0 Å². The molecule has 0 saturated carbocycles. The lowest BCUT2D eigenvalue weighted by atomic mass is 10.2. The van der Waals surface area contributed by atoms with Crippen molar-refractivity contribution in [1.82, 2.24) is 4.31 Å². The number of hydrogen-bond acceptors (Lipinski definition) is 5. The van der Waals surface area contributed by atoms with Gasteiger partial charge in [0, 0.05) is 30.9 Å². The minimum Gasteiger partial charge on any atom is -0.494 e. The van der Waals surface area contributed by atoms with Crippen molar-refractivity contribution in [3.63, 3.8) is 0 Å². The summed E-state index contributed by atoms with van der Waals surface area (Å²) in [6.45, 7) is 1.17. The molecule has 1 saturated heterocycles. The lowest BCUT2D eigenvalue weighted by molar-refractivity contribution is 0.346. The van der Waals surface area contributed by atoms with Crippen LogP contribution in [-0.2, 0) is 10.0 Å². The highest BCUT2D eigenvalue weighted by atomic mass is 32.2. The highest BCUT2D eigenvalue weighted by molar-refractivity contribution is 7.89. The van der Waals surface area contributed by atoms with Gasteiger partial charge in [-0.05, 0) is 41.8 Å². The number of methoxy groups -OCH3 is 1. The van der Waals surface area contributed by atoms with Crippen LogP contribution in [0, 0.1) is 0 Å². The maximum atomic E-state index is 12.7. The number of nitrogens with zero attached hydrogens (tertiary/aromatic N) is 2. The van der Waals surface area contributed by atoms with E-state index in [2.05, 4.69) is 4.99 Å². The highest BCUT2D eigenvalue weighted by Gasteiger charge is 2.26. The molecule has 0 N–H and O–H groups in total. The largest absolute Gasteiger partial charge is 0.494 e. The van der Waals surface area contributed by atoms with Crippen LogP contribution in [0.3, 0.4) is 0 Å². The summed E-state index contributed by atoms with van der Waals surface area (Å²) in [5, 5.41) is 3.97. The number of thiophene rings is 1. The molecule has 0 bridgehead atoms. The topological polar surface area (TPSA) is 59.0 Å². The van der Waals surface area contributed by atoms with Gasteiger partial charge in [0.1, 0.15) is 11.4 Å². The van der Waals surface area contributed by atoms with Gasteiger partial charge >= 0.3 is 0 Å². The van der Waals surface area contributed by atoms with Gasteiger partial charge in [-0.2, -0.15) is 15.6 Å². The van der Waals surface area contributed by atoms with E-state index >= 15 is 0 Å². The first-order valence-corrected chi connectivity index (χ1v) is 10.2. The third-order valence-corrected chi connectivity index (χ3v) is 6.60. The third kappa shape index (κ3) is 3.68. The molecule has 5 nitrogen and oxygen atoms in total. The van der Waals surface area contributed by atoms with Crippen molar-refractivity contribution in [3.05, 3.63) is 40.6 Å². The van der Waals surface area contributed by atoms with Crippen LogP contribution in [0.25, 0.3) is 0 Å². The molecule has 1 aliphatic rings. The zero-order valence-corrected chi connectivity index (χ0v) is 15.1. The second-order valence-corrected chi connectivity index (χ2v) is 8.33. The Labute approximate surface area is 146 Å². The monoisotopic (exact) mass is 364 g/mol. The molecule has 1 aromatic heterocycles. The van der Waals surface area contributed by atoms with E-state index in [9.17, 15) is 8.42 Å². The average molecular weight is 364 g/mol. The van der Waals surface area contributed by atoms with Crippen molar-refractivity contribution >= 4 is 33.3 Å². The van der Waals surface area contributed by atoms with E-state index < -0.39 is 10.0 Å². The number of hydrogen-bond donors (Lipinski definition) is 0. The number of benzene rings is 1. The maximum absolute atomic E-state index is 12.7. The summed E-state index contributed by atoms with van der Waals surface area (Å²) in [6, 6.07) is 6.82. The Bertz CT molecular complexity index is 808. The summed E-state index contributed by atoms with van der Waals surface area (Å²) in [4.78, 5) is 4.66. The van der Waals surface area contributed by atoms with E-state index in [0.717, 1.165) is 24.8 Å². The molecule has 7 heteroatoms. The third-order valence-electron chi connectivity index (χ3n) is 4.00. The summed E-state index contributed by atoms with van der Waals surface area (Å²) < 4.78 is 32.4. The molecule has 2 aromatic rings. The van der Waals surface area contributed by atoms with Crippen molar-refractivity contribution < 1.29 is 13.2 Å². The molecule has 0 atom stereocenters. The maximum Gasteiger partial charge on any atom is 0.243 e. The predicted octanol–water partition coefficient (Wildman–Crippen LogP) is 3.68. The first kappa shape index (κ1) is 17.1. The first-order chi connectivity index (χ1) is 11.6. The second-order valence-electron chi connectivity index (χ2n) is 5.61. The van der Waals surface area contributed by atoms with Gasteiger partial charge in [-0.1, -0.05) is 6.42 Å². The van der Waals surface area contributed by atoms with E-state index in [1.54, 1.807) is 40.1 Å². The molecule has 128 valence electrons. The Balaban J connectivity index is 1.88. The molecule has 0 radical (unpaired) electrons. The van der Waals surface area contributed by atoms with Gasteiger partial charge < -0.3 is 4.74 Å². The number of aliphatic imine (C=N–C) groups is 1. The Morgan fingerprint density at radius 3 is 2.67 bits per heavy atom. The first-order valence-electron chi connectivity index (χ1n) is 7.86. The zero-order valence-electron chi connectivity index (χ0n) is 13.5. The molecule has 1 fully saturated rings. The van der Waals surface area contributed by atoms with Gasteiger partial charge in [0.05, 0.1) is 12.0 Å². The average Bonchev–Trinajstić information content (AvgIpc) is 3.14. The molecule has 2 heterocycles. The number of rotatable bonds is 5. The minimum absolute atomic E-state index is 0.260. The summed E-state index contributed by atoms with van der Waals surface area (Å²) in [5.74, 6) is 0.458. The minimum atomic E-state index is -3.47. The Kier molecular flexibility index (Phi) is 5.33. The summed E-state index contributed by atoms with van der Waals surface area (Å²) in [6.07, 6.45) is 4.66. The van der Waals surface area contributed by atoms with Gasteiger partial charge in [-0.25, -0.2) is 8.42 Å². The quantitative estimate of drug-likeness (QED) is 0.761. The molecule has 0 unspecified atom stereocenters. The van der Waals surface area contributed by atoms with Crippen molar-refractivity contribution in [2.45, 2.75) is 24.2 Å². The Morgan fingerprint density at radius 1 is 1.21 bits per heavy atom. The van der Waals surface area contributed by atoms with E-state index in [-0.39, 0.29) is 4.90 Å². The van der Waals surface area contributed by atoms with E-state index in [0.29, 0.717) is 24.5 Å². The van der Waals surface area contributed by atoms with Crippen molar-refractivity contribution in [1.29, 1.82) is 0 Å². The highest BCUT2D eigenvalue weighted by Crippen LogP contribution is 2.32. The SMILES string of the molecule is COc1cc(S(=O)(=O)N2CCCCC2)ccc1N=Cc1ccsc1. The molecule has 24 heavy (non-hydrogen) atoms. The molecule has 0 aliphatic carbocycles. The fourth-order valence-electron chi connectivity index (χ4n) is 2.67. The van der Waals surface area contributed by atoms with E-state index in [4.69, 9.17) is 4.74 Å². The lowest BCUT2D eigenvalue weighted by Crippen LogP contribution is -2.35. The van der Waals surface area contributed by atoms with E-state index in [1.165, 1.54) is 7.11 Å². The van der Waals surface area contributed by atoms with Crippen molar-refractivity contribution in [2.24, 2.45) is 4.99 Å². The number of ether oxygens (including phenoxy) is 1. The fraction of sp³-hybridized carbons (Fsp3) is 0.353. The Morgan fingerprint density at radius 2 is 2.00 bits per heavy atom. The predicted molar refractivity (Wildman–Crippen MR) is 97.2 cm³/mol. The van der Waals surface area contributed by atoms with Crippen molar-refractivity contribution in [3.8, 4) is 5.75 Å². The van der Waals surface area contributed by atoms with Crippen LogP contribution in [0.15, 0.2) is 44.9 Å². The molecular weight excluding hydrogens is 344 g/mol. The Hall–Kier alpha value is -1.70.